The first kappa shape index (κ1) is 22.7. The topological polar surface area (TPSA) is 62.9 Å². The van der Waals surface area contributed by atoms with Gasteiger partial charge in [0.15, 0.2) is 0 Å². The van der Waals surface area contributed by atoms with Crippen LogP contribution in [0.5, 0.6) is 11.5 Å². The normalized spacial score (nSPS) is 12.0. The van der Waals surface area contributed by atoms with Crippen molar-refractivity contribution in [1.29, 1.82) is 0 Å². The molecule has 5 nitrogen and oxygen atoms in total. The van der Waals surface area contributed by atoms with Crippen LogP contribution in [0.25, 0.3) is 22.1 Å². The van der Waals surface area contributed by atoms with Crippen molar-refractivity contribution in [2.24, 2.45) is 0 Å². The molecule has 0 aliphatic rings. The zero-order valence-corrected chi connectivity index (χ0v) is 17.5. The first-order valence-corrected chi connectivity index (χ1v) is 9.89. The fourth-order valence-electron chi connectivity index (χ4n) is 3.53. The summed E-state index contributed by atoms with van der Waals surface area (Å²) in [5, 5.41) is 10.3. The number of fused-ring (bicyclic) bond motifs is 1. The number of nitrogens with zero attached hydrogens (tertiary/aromatic N) is 1. The van der Waals surface area contributed by atoms with Crippen molar-refractivity contribution in [3.63, 3.8) is 0 Å². The number of unbranched alkanes of at least 4 members (excludes halogenated alkanes) is 1. The van der Waals surface area contributed by atoms with Gasteiger partial charge in [-0.3, -0.25) is 4.79 Å². The van der Waals surface area contributed by atoms with Gasteiger partial charge in [-0.05, 0) is 38.2 Å². The lowest BCUT2D eigenvalue weighted by atomic mass is 9.99. The van der Waals surface area contributed by atoms with Crippen LogP contribution in [0.15, 0.2) is 45.6 Å². The van der Waals surface area contributed by atoms with Crippen molar-refractivity contribution in [1.82, 2.24) is 4.90 Å². The second-order valence-electron chi connectivity index (χ2n) is 7.36. The van der Waals surface area contributed by atoms with Crippen LogP contribution in [0.2, 0.25) is 0 Å². The smallest absolute Gasteiger partial charge is 0.450 e. The van der Waals surface area contributed by atoms with Gasteiger partial charge >= 0.3 is 6.18 Å². The lowest BCUT2D eigenvalue weighted by Gasteiger charge is -2.19. The molecule has 0 amide bonds. The maximum Gasteiger partial charge on any atom is 0.450 e. The maximum atomic E-state index is 14.0. The van der Waals surface area contributed by atoms with Gasteiger partial charge in [0.25, 0.3) is 0 Å². The van der Waals surface area contributed by atoms with E-state index in [2.05, 4.69) is 0 Å². The fraction of sp³-hybridized carbons (Fsp3) is 0.348. The maximum absolute atomic E-state index is 14.0. The molecule has 0 spiro atoms. The van der Waals surface area contributed by atoms with E-state index >= 15 is 0 Å². The first-order chi connectivity index (χ1) is 14.7. The van der Waals surface area contributed by atoms with Crippen LogP contribution in [0.4, 0.5) is 13.2 Å². The largest absolute Gasteiger partial charge is 0.507 e. The summed E-state index contributed by atoms with van der Waals surface area (Å²) in [6.45, 7) is 2.84. The Balaban J connectivity index is 2.32. The van der Waals surface area contributed by atoms with Gasteiger partial charge in [-0.2, -0.15) is 13.2 Å². The standard InChI is InChI=1S/C23H24F3NO4/c1-4-5-12-27(2)13-16-17(28)11-10-15-20(29)19(14-8-6-7-9-18(14)30-3)22(23(24,25)26)31-21(15)16/h6-11,28H,4-5,12-13H2,1-3H3. The third kappa shape index (κ3) is 4.54. The quantitative estimate of drug-likeness (QED) is 0.537. The molecule has 0 atom stereocenters. The minimum Gasteiger partial charge on any atom is -0.507 e. The molecule has 0 unspecified atom stereocenters. The van der Waals surface area contributed by atoms with Crippen LogP contribution < -0.4 is 10.2 Å². The Labute approximate surface area is 177 Å². The third-order valence-corrected chi connectivity index (χ3v) is 5.09. The molecule has 0 saturated carbocycles. The summed E-state index contributed by atoms with van der Waals surface area (Å²) in [5.74, 6) is -1.52. The number of phenolic OH excluding ortho intramolecular Hbond substituents is 1. The second-order valence-corrected chi connectivity index (χ2v) is 7.36. The molecule has 1 heterocycles. The Morgan fingerprint density at radius 2 is 1.87 bits per heavy atom. The number of methoxy groups -OCH3 is 1. The number of phenols is 1. The predicted octanol–water partition coefficient (Wildman–Crippen LogP) is 5.42. The lowest BCUT2D eigenvalue weighted by Crippen LogP contribution is -2.20. The van der Waals surface area contributed by atoms with Gasteiger partial charge in [0.05, 0.1) is 23.6 Å². The first-order valence-electron chi connectivity index (χ1n) is 9.89. The molecule has 8 heteroatoms. The van der Waals surface area contributed by atoms with Crippen LogP contribution in [0.1, 0.15) is 31.1 Å². The molecule has 1 aromatic heterocycles. The summed E-state index contributed by atoms with van der Waals surface area (Å²) in [4.78, 5) is 15.1. The Hall–Kier alpha value is -3.00. The Bertz CT molecular complexity index is 1140. The molecular formula is C23H24F3NO4. The summed E-state index contributed by atoms with van der Waals surface area (Å²) >= 11 is 0. The van der Waals surface area contributed by atoms with E-state index in [0.29, 0.717) is 6.54 Å². The molecule has 0 saturated heterocycles. The minimum atomic E-state index is -4.93. The van der Waals surface area contributed by atoms with Crippen molar-refractivity contribution in [3.05, 3.63) is 57.9 Å². The zero-order valence-electron chi connectivity index (χ0n) is 17.5. The van der Waals surface area contributed by atoms with Crippen molar-refractivity contribution < 1.29 is 27.4 Å². The number of hydrogen-bond acceptors (Lipinski definition) is 5. The van der Waals surface area contributed by atoms with E-state index in [1.165, 1.54) is 37.4 Å². The Morgan fingerprint density at radius 1 is 1.16 bits per heavy atom. The Kier molecular flexibility index (Phi) is 6.59. The van der Waals surface area contributed by atoms with Crippen LogP contribution in [0.3, 0.4) is 0 Å². The number of benzene rings is 2. The van der Waals surface area contributed by atoms with Crippen molar-refractivity contribution in [2.75, 3.05) is 20.7 Å². The average Bonchev–Trinajstić information content (AvgIpc) is 2.73. The van der Waals surface area contributed by atoms with Gasteiger partial charge in [-0.25, -0.2) is 0 Å². The Morgan fingerprint density at radius 3 is 2.52 bits per heavy atom. The van der Waals surface area contributed by atoms with Gasteiger partial charge in [-0.15, -0.1) is 0 Å². The molecule has 31 heavy (non-hydrogen) atoms. The highest BCUT2D eigenvalue weighted by Gasteiger charge is 2.40. The van der Waals surface area contributed by atoms with Crippen molar-refractivity contribution in [2.45, 2.75) is 32.5 Å². The average molecular weight is 435 g/mol. The molecule has 0 fully saturated rings. The molecule has 1 N–H and O–H groups in total. The zero-order chi connectivity index (χ0) is 22.8. The lowest BCUT2D eigenvalue weighted by molar-refractivity contribution is -0.152. The number of hydrogen-bond donors (Lipinski definition) is 1. The summed E-state index contributed by atoms with van der Waals surface area (Å²) in [6.07, 6.45) is -3.10. The summed E-state index contributed by atoms with van der Waals surface area (Å²) in [5.41, 5.74) is -1.59. The number of para-hydroxylation sites is 1. The van der Waals surface area contributed by atoms with Crippen LogP contribution in [-0.4, -0.2) is 30.7 Å². The highest BCUT2D eigenvalue weighted by atomic mass is 19.4. The van der Waals surface area contributed by atoms with Gasteiger partial charge in [-0.1, -0.05) is 31.5 Å². The molecule has 3 aromatic rings. The van der Waals surface area contributed by atoms with Gasteiger partial charge < -0.3 is 19.2 Å². The molecule has 3 rings (SSSR count). The second kappa shape index (κ2) is 9.01. The molecule has 0 radical (unpaired) electrons. The van der Waals surface area contributed by atoms with E-state index in [0.717, 1.165) is 12.8 Å². The van der Waals surface area contributed by atoms with Crippen molar-refractivity contribution in [3.8, 4) is 22.6 Å². The summed E-state index contributed by atoms with van der Waals surface area (Å²) in [6, 6.07) is 8.57. The van der Waals surface area contributed by atoms with Gasteiger partial charge in [0.2, 0.25) is 11.2 Å². The summed E-state index contributed by atoms with van der Waals surface area (Å²) < 4.78 is 52.5. The van der Waals surface area contributed by atoms with Crippen molar-refractivity contribution >= 4 is 11.0 Å². The van der Waals surface area contributed by atoms with Crippen LogP contribution in [0, 0.1) is 0 Å². The van der Waals surface area contributed by atoms with E-state index in [4.69, 9.17) is 9.15 Å². The molecule has 0 bridgehead atoms. The number of alkyl halides is 3. The molecule has 0 aliphatic carbocycles. The van der Waals surface area contributed by atoms with Gasteiger partial charge in [0, 0.05) is 12.1 Å². The number of halogens is 3. The highest BCUT2D eigenvalue weighted by molar-refractivity contribution is 5.87. The predicted molar refractivity (Wildman–Crippen MR) is 112 cm³/mol. The van der Waals surface area contributed by atoms with E-state index in [9.17, 15) is 23.1 Å². The highest BCUT2D eigenvalue weighted by Crippen LogP contribution is 2.41. The van der Waals surface area contributed by atoms with Gasteiger partial charge in [0.1, 0.15) is 17.1 Å². The SMILES string of the molecule is CCCCN(C)Cc1c(O)ccc2c(=O)c(-c3ccccc3OC)c(C(F)(F)F)oc12. The fourth-order valence-corrected chi connectivity index (χ4v) is 3.53. The third-order valence-electron chi connectivity index (χ3n) is 5.09. The van der Waals surface area contributed by atoms with Crippen LogP contribution in [-0.2, 0) is 12.7 Å². The molecule has 2 aromatic carbocycles. The monoisotopic (exact) mass is 435 g/mol. The molecular weight excluding hydrogens is 411 g/mol. The molecule has 0 aliphatic heterocycles. The van der Waals surface area contributed by atoms with Crippen LogP contribution >= 0.6 is 0 Å². The molecule has 166 valence electrons. The minimum absolute atomic E-state index is 0.0114. The van der Waals surface area contributed by atoms with E-state index in [1.54, 1.807) is 13.1 Å². The summed E-state index contributed by atoms with van der Waals surface area (Å²) in [7, 11) is 3.11. The van der Waals surface area contributed by atoms with E-state index in [-0.39, 0.29) is 40.1 Å². The number of aromatic hydroxyl groups is 1. The number of rotatable bonds is 7. The van der Waals surface area contributed by atoms with E-state index < -0.39 is 22.9 Å². The number of ether oxygens (including phenoxy) is 1. The van der Waals surface area contributed by atoms with E-state index in [1.807, 2.05) is 11.8 Å².